The summed E-state index contributed by atoms with van der Waals surface area (Å²) >= 11 is 0. The van der Waals surface area contributed by atoms with Gasteiger partial charge in [-0.15, -0.1) is 0 Å². The van der Waals surface area contributed by atoms with E-state index in [4.69, 9.17) is 5.11 Å². The number of carboxylic acids is 1. The van der Waals surface area contributed by atoms with E-state index >= 15 is 0 Å². The smallest absolute Gasteiger partial charge is 0.323 e. The van der Waals surface area contributed by atoms with Gasteiger partial charge in [0.05, 0.1) is 0 Å². The number of urea groups is 1. The van der Waals surface area contributed by atoms with Gasteiger partial charge < -0.3 is 14.9 Å². The van der Waals surface area contributed by atoms with E-state index in [0.29, 0.717) is 31.5 Å². The minimum Gasteiger partial charge on any atom is -0.480 e. The Kier molecular flexibility index (Phi) is 8.26. The van der Waals surface area contributed by atoms with Crippen molar-refractivity contribution in [1.82, 2.24) is 9.80 Å². The molecule has 0 aromatic carbocycles. The number of hydrogen-bond donors (Lipinski definition) is 1. The molecule has 2 amide bonds. The molecule has 0 fully saturated rings. The van der Waals surface area contributed by atoms with E-state index in [-0.39, 0.29) is 18.5 Å². The lowest BCUT2D eigenvalue weighted by Crippen LogP contribution is -2.48. The second-order valence-corrected chi connectivity index (χ2v) is 6.64. The van der Waals surface area contributed by atoms with E-state index < -0.39 is 5.97 Å². The van der Waals surface area contributed by atoms with Crippen molar-refractivity contribution < 1.29 is 14.7 Å². The first-order valence-corrected chi connectivity index (χ1v) is 7.39. The highest BCUT2D eigenvalue weighted by molar-refractivity contribution is 5.80. The Labute approximate surface area is 122 Å². The lowest BCUT2D eigenvalue weighted by molar-refractivity contribution is -0.137. The standard InChI is InChI=1S/C15H30N2O3/c1-11(2)7-16(8-12(3)4)15(20)17(9-13(5)6)10-14(18)19/h11-13H,7-10H2,1-6H3,(H,18,19). The Hall–Kier alpha value is -1.26. The molecule has 20 heavy (non-hydrogen) atoms. The van der Waals surface area contributed by atoms with Crippen molar-refractivity contribution in [1.29, 1.82) is 0 Å². The van der Waals surface area contributed by atoms with E-state index in [1.807, 2.05) is 13.8 Å². The van der Waals surface area contributed by atoms with Gasteiger partial charge in [-0.25, -0.2) is 4.79 Å². The average molecular weight is 286 g/mol. The minimum absolute atomic E-state index is 0.163. The Morgan fingerprint density at radius 2 is 1.15 bits per heavy atom. The van der Waals surface area contributed by atoms with Crippen LogP contribution in [0.3, 0.4) is 0 Å². The molecule has 5 heteroatoms. The van der Waals surface area contributed by atoms with Crippen LogP contribution in [0.1, 0.15) is 41.5 Å². The molecule has 5 nitrogen and oxygen atoms in total. The van der Waals surface area contributed by atoms with Crippen LogP contribution in [0.15, 0.2) is 0 Å². The molecule has 0 radical (unpaired) electrons. The first-order valence-electron chi connectivity index (χ1n) is 7.39. The van der Waals surface area contributed by atoms with Crippen molar-refractivity contribution in [3.8, 4) is 0 Å². The summed E-state index contributed by atoms with van der Waals surface area (Å²) in [6.45, 7) is 13.8. The normalized spacial score (nSPS) is 11.2. The third-order valence-electron chi connectivity index (χ3n) is 2.62. The fourth-order valence-electron chi connectivity index (χ4n) is 2.13. The van der Waals surface area contributed by atoms with Gasteiger partial charge in [0.15, 0.2) is 0 Å². The lowest BCUT2D eigenvalue weighted by atomic mass is 10.1. The van der Waals surface area contributed by atoms with E-state index in [9.17, 15) is 9.59 Å². The molecule has 0 saturated carbocycles. The van der Waals surface area contributed by atoms with Crippen LogP contribution in [-0.2, 0) is 4.79 Å². The number of amides is 2. The van der Waals surface area contributed by atoms with Crippen LogP contribution in [-0.4, -0.2) is 53.1 Å². The predicted molar refractivity (Wildman–Crippen MR) is 80.7 cm³/mol. The monoisotopic (exact) mass is 286 g/mol. The van der Waals surface area contributed by atoms with Crippen LogP contribution in [0.2, 0.25) is 0 Å². The van der Waals surface area contributed by atoms with Gasteiger partial charge in [-0.3, -0.25) is 4.79 Å². The number of aliphatic carboxylic acids is 1. The summed E-state index contributed by atoms with van der Waals surface area (Å²) in [5.74, 6) is 0.0122. The Morgan fingerprint density at radius 3 is 1.45 bits per heavy atom. The highest BCUT2D eigenvalue weighted by Gasteiger charge is 2.24. The zero-order chi connectivity index (χ0) is 15.9. The fourth-order valence-corrected chi connectivity index (χ4v) is 2.13. The van der Waals surface area contributed by atoms with Crippen LogP contribution in [0.25, 0.3) is 0 Å². The van der Waals surface area contributed by atoms with Crippen LogP contribution < -0.4 is 0 Å². The lowest BCUT2D eigenvalue weighted by Gasteiger charge is -2.33. The number of carbonyl (C=O) groups is 2. The Morgan fingerprint density at radius 1 is 0.800 bits per heavy atom. The molecule has 0 atom stereocenters. The maximum absolute atomic E-state index is 12.6. The van der Waals surface area contributed by atoms with Gasteiger partial charge in [-0.1, -0.05) is 41.5 Å². The molecule has 1 N–H and O–H groups in total. The molecule has 118 valence electrons. The zero-order valence-electron chi connectivity index (χ0n) is 13.7. The first kappa shape index (κ1) is 18.7. The van der Waals surface area contributed by atoms with Gasteiger partial charge >= 0.3 is 12.0 Å². The largest absolute Gasteiger partial charge is 0.480 e. The molecule has 0 aliphatic carbocycles. The average Bonchev–Trinajstić information content (AvgIpc) is 2.23. The molecule has 0 aromatic heterocycles. The highest BCUT2D eigenvalue weighted by atomic mass is 16.4. The molecular formula is C15H30N2O3. The first-order chi connectivity index (χ1) is 9.13. The molecule has 0 saturated heterocycles. The highest BCUT2D eigenvalue weighted by Crippen LogP contribution is 2.10. The summed E-state index contributed by atoms with van der Waals surface area (Å²) < 4.78 is 0. The summed E-state index contributed by atoms with van der Waals surface area (Å²) in [6, 6.07) is -0.163. The van der Waals surface area contributed by atoms with Gasteiger partial charge in [-0.05, 0) is 17.8 Å². The van der Waals surface area contributed by atoms with Crippen LogP contribution in [0.4, 0.5) is 4.79 Å². The fraction of sp³-hybridized carbons (Fsp3) is 0.867. The molecule has 0 spiro atoms. The van der Waals surface area contributed by atoms with E-state index in [2.05, 4.69) is 27.7 Å². The topological polar surface area (TPSA) is 60.9 Å². The van der Waals surface area contributed by atoms with Crippen molar-refractivity contribution in [3.05, 3.63) is 0 Å². The molecule has 0 heterocycles. The summed E-state index contributed by atoms with van der Waals surface area (Å²) in [7, 11) is 0. The molecule has 0 aromatic rings. The second-order valence-electron chi connectivity index (χ2n) is 6.64. The van der Waals surface area contributed by atoms with Gasteiger partial charge in [-0.2, -0.15) is 0 Å². The molecule has 0 aliphatic rings. The molecule has 0 unspecified atom stereocenters. The second kappa shape index (κ2) is 8.82. The predicted octanol–water partition coefficient (Wildman–Crippen LogP) is 2.76. The SMILES string of the molecule is CC(C)CN(CC(=O)O)C(=O)N(CC(C)C)CC(C)C. The molecule has 0 aliphatic heterocycles. The number of carboxylic acid groups (broad SMARTS) is 1. The van der Waals surface area contributed by atoms with Gasteiger partial charge in [0.1, 0.15) is 6.54 Å². The maximum atomic E-state index is 12.6. The third kappa shape index (κ3) is 8.02. The molecule has 0 bridgehead atoms. The summed E-state index contributed by atoms with van der Waals surface area (Å²) in [5, 5.41) is 8.98. The van der Waals surface area contributed by atoms with Crippen molar-refractivity contribution in [2.45, 2.75) is 41.5 Å². The number of nitrogens with zero attached hydrogens (tertiary/aromatic N) is 2. The summed E-state index contributed by atoms with van der Waals surface area (Å²) in [6.07, 6.45) is 0. The quantitative estimate of drug-likeness (QED) is 0.746. The Balaban J connectivity index is 4.95. The number of carbonyl (C=O) groups excluding carboxylic acids is 1. The van der Waals surface area contributed by atoms with Crippen molar-refractivity contribution in [3.63, 3.8) is 0 Å². The number of rotatable bonds is 8. The number of hydrogen-bond acceptors (Lipinski definition) is 2. The molecular weight excluding hydrogens is 256 g/mol. The summed E-state index contributed by atoms with van der Waals surface area (Å²) in [4.78, 5) is 26.7. The van der Waals surface area contributed by atoms with Crippen LogP contribution in [0, 0.1) is 17.8 Å². The zero-order valence-corrected chi connectivity index (χ0v) is 13.7. The van der Waals surface area contributed by atoms with Gasteiger partial charge in [0.25, 0.3) is 0 Å². The molecule has 0 rings (SSSR count). The summed E-state index contributed by atoms with van der Waals surface area (Å²) in [5.41, 5.74) is 0. The van der Waals surface area contributed by atoms with Gasteiger partial charge in [0, 0.05) is 19.6 Å². The van der Waals surface area contributed by atoms with Crippen molar-refractivity contribution >= 4 is 12.0 Å². The van der Waals surface area contributed by atoms with Crippen LogP contribution >= 0.6 is 0 Å². The minimum atomic E-state index is -0.965. The van der Waals surface area contributed by atoms with Crippen molar-refractivity contribution in [2.24, 2.45) is 17.8 Å². The van der Waals surface area contributed by atoms with Crippen LogP contribution in [0.5, 0.6) is 0 Å². The third-order valence-corrected chi connectivity index (χ3v) is 2.62. The maximum Gasteiger partial charge on any atom is 0.323 e. The van der Waals surface area contributed by atoms with E-state index in [0.717, 1.165) is 0 Å². The van der Waals surface area contributed by atoms with Crippen molar-refractivity contribution in [2.75, 3.05) is 26.2 Å². The Bertz CT molecular complexity index is 304. The van der Waals surface area contributed by atoms with Gasteiger partial charge in [0.2, 0.25) is 0 Å². The van der Waals surface area contributed by atoms with E-state index in [1.165, 1.54) is 4.90 Å². The van der Waals surface area contributed by atoms with E-state index in [1.54, 1.807) is 4.90 Å².